The normalized spacial score (nSPS) is 35.2. The number of oxime groups is 1. The van der Waals surface area contributed by atoms with Gasteiger partial charge in [0.25, 0.3) is 0 Å². The third kappa shape index (κ3) is 1.52. The monoisotopic (exact) mass is 255 g/mol. The fourth-order valence-corrected chi connectivity index (χ4v) is 4.74. The van der Waals surface area contributed by atoms with E-state index in [0.29, 0.717) is 12.0 Å². The summed E-state index contributed by atoms with van der Waals surface area (Å²) in [7, 11) is 0. The Morgan fingerprint density at radius 3 is 2.47 bits per heavy atom. The van der Waals surface area contributed by atoms with E-state index in [4.69, 9.17) is 4.84 Å². The van der Waals surface area contributed by atoms with Gasteiger partial charge in [-0.05, 0) is 63.0 Å². The number of benzene rings is 1. The first-order valence-corrected chi connectivity index (χ1v) is 7.47. The molecule has 2 bridgehead atoms. The smallest absolute Gasteiger partial charge is 0.139 e. The van der Waals surface area contributed by atoms with Crippen LogP contribution in [0.4, 0.5) is 0 Å². The molecule has 0 spiro atoms. The van der Waals surface area contributed by atoms with Gasteiger partial charge in [-0.25, -0.2) is 0 Å². The maximum absolute atomic E-state index is 5.81. The van der Waals surface area contributed by atoms with Crippen LogP contribution in [0.3, 0.4) is 0 Å². The number of aryl methyl sites for hydroxylation is 3. The van der Waals surface area contributed by atoms with Gasteiger partial charge in [-0.2, -0.15) is 0 Å². The molecular formula is C17H21NO. The quantitative estimate of drug-likeness (QED) is 0.748. The van der Waals surface area contributed by atoms with Crippen LogP contribution >= 0.6 is 0 Å². The highest BCUT2D eigenvalue weighted by Gasteiger charge is 2.54. The van der Waals surface area contributed by atoms with E-state index in [1.54, 1.807) is 0 Å². The Kier molecular flexibility index (Phi) is 2.33. The Hall–Kier alpha value is -1.31. The van der Waals surface area contributed by atoms with E-state index in [-0.39, 0.29) is 0 Å². The molecule has 2 nitrogen and oxygen atoms in total. The van der Waals surface area contributed by atoms with Gasteiger partial charge < -0.3 is 4.84 Å². The van der Waals surface area contributed by atoms with Crippen molar-refractivity contribution < 1.29 is 4.84 Å². The largest absolute Gasteiger partial charge is 0.391 e. The fourth-order valence-electron chi connectivity index (χ4n) is 4.74. The lowest BCUT2D eigenvalue weighted by atomic mass is 9.79. The Morgan fingerprint density at radius 1 is 1.05 bits per heavy atom. The summed E-state index contributed by atoms with van der Waals surface area (Å²) in [5.41, 5.74) is 6.63. The van der Waals surface area contributed by atoms with E-state index in [2.05, 4.69) is 38.1 Å². The molecule has 1 aromatic carbocycles. The summed E-state index contributed by atoms with van der Waals surface area (Å²) >= 11 is 0. The summed E-state index contributed by atoms with van der Waals surface area (Å²) in [6.07, 6.45) is 4.46. The zero-order chi connectivity index (χ0) is 13.1. The molecule has 2 heteroatoms. The maximum Gasteiger partial charge on any atom is 0.139 e. The molecule has 2 fully saturated rings. The molecule has 0 saturated heterocycles. The van der Waals surface area contributed by atoms with E-state index in [9.17, 15) is 0 Å². The van der Waals surface area contributed by atoms with Crippen molar-refractivity contribution in [3.63, 3.8) is 0 Å². The molecule has 0 aromatic heterocycles. The third-order valence-corrected chi connectivity index (χ3v) is 5.36. The second-order valence-corrected chi connectivity index (χ2v) is 6.68. The van der Waals surface area contributed by atoms with E-state index in [1.807, 2.05) is 0 Å². The van der Waals surface area contributed by atoms with Crippen molar-refractivity contribution in [3.05, 3.63) is 34.4 Å². The van der Waals surface area contributed by atoms with Crippen molar-refractivity contribution in [1.82, 2.24) is 0 Å². The number of hydrogen-bond acceptors (Lipinski definition) is 2. The van der Waals surface area contributed by atoms with Gasteiger partial charge in [0.2, 0.25) is 0 Å². The molecule has 4 rings (SSSR count). The molecule has 2 aliphatic carbocycles. The molecule has 2 saturated carbocycles. The Balaban J connectivity index is 1.78. The minimum atomic E-state index is 0.383. The fraction of sp³-hybridized carbons (Fsp3) is 0.588. The molecular weight excluding hydrogens is 234 g/mol. The van der Waals surface area contributed by atoms with Gasteiger partial charge >= 0.3 is 0 Å². The van der Waals surface area contributed by atoms with Gasteiger partial charge in [-0.3, -0.25) is 0 Å². The van der Waals surface area contributed by atoms with Gasteiger partial charge in [-0.15, -0.1) is 0 Å². The molecule has 1 aliphatic heterocycles. The van der Waals surface area contributed by atoms with Gasteiger partial charge in [-0.1, -0.05) is 22.9 Å². The minimum absolute atomic E-state index is 0.383. The molecule has 3 aliphatic rings. The van der Waals surface area contributed by atoms with Gasteiger partial charge in [0, 0.05) is 11.5 Å². The maximum atomic E-state index is 5.81. The first-order valence-electron chi connectivity index (χ1n) is 7.47. The molecule has 1 heterocycles. The highest BCUT2D eigenvalue weighted by molar-refractivity contribution is 6.05. The van der Waals surface area contributed by atoms with Gasteiger partial charge in [0.1, 0.15) is 6.10 Å². The molecule has 0 N–H and O–H groups in total. The summed E-state index contributed by atoms with van der Waals surface area (Å²) in [5, 5.41) is 4.50. The van der Waals surface area contributed by atoms with E-state index >= 15 is 0 Å². The summed E-state index contributed by atoms with van der Waals surface area (Å²) in [6, 6.07) is 4.54. The van der Waals surface area contributed by atoms with Crippen molar-refractivity contribution >= 4 is 5.71 Å². The summed E-state index contributed by atoms with van der Waals surface area (Å²) < 4.78 is 0. The molecule has 100 valence electrons. The second-order valence-electron chi connectivity index (χ2n) is 6.68. The summed E-state index contributed by atoms with van der Waals surface area (Å²) in [6.45, 7) is 6.58. The standard InChI is InChI=1S/C17H21NO/c1-9-6-10(2)14(11(3)7-9)16-15-12-4-5-13(8-12)17(15)19-18-16/h6-7,12-13,15,17H,4-5,8H2,1-3H3/t12-,13-,15-,17+/m0/s1. The highest BCUT2D eigenvalue weighted by Crippen LogP contribution is 2.53. The summed E-state index contributed by atoms with van der Waals surface area (Å²) in [5.74, 6) is 2.15. The van der Waals surface area contributed by atoms with E-state index in [0.717, 1.165) is 11.8 Å². The Morgan fingerprint density at radius 2 is 1.74 bits per heavy atom. The lowest BCUT2D eigenvalue weighted by molar-refractivity contribution is 0.0275. The van der Waals surface area contributed by atoms with Crippen LogP contribution in [0.1, 0.15) is 41.5 Å². The molecule has 4 atom stereocenters. The minimum Gasteiger partial charge on any atom is -0.391 e. The van der Waals surface area contributed by atoms with Crippen LogP contribution in [0.5, 0.6) is 0 Å². The topological polar surface area (TPSA) is 21.6 Å². The van der Waals surface area contributed by atoms with Crippen molar-refractivity contribution in [1.29, 1.82) is 0 Å². The molecule has 0 unspecified atom stereocenters. The molecule has 1 aromatic rings. The Labute approximate surface area is 114 Å². The lowest BCUT2D eigenvalue weighted by Crippen LogP contribution is -2.30. The van der Waals surface area contributed by atoms with Gasteiger partial charge in [0.05, 0.1) is 5.71 Å². The average molecular weight is 255 g/mol. The Bertz CT molecular complexity index is 552. The first-order chi connectivity index (χ1) is 9.15. The van der Waals surface area contributed by atoms with Crippen LogP contribution in [-0.2, 0) is 4.84 Å². The predicted molar refractivity (Wildman–Crippen MR) is 76.4 cm³/mol. The average Bonchev–Trinajstić information content (AvgIpc) is 2.98. The highest BCUT2D eigenvalue weighted by atomic mass is 16.6. The van der Waals surface area contributed by atoms with Crippen LogP contribution in [0, 0.1) is 38.5 Å². The SMILES string of the molecule is Cc1cc(C)c(C2=NO[C@@H]3[C@H]4CC[C@@H](C4)[C@@H]23)c(C)c1. The number of hydrogen-bond donors (Lipinski definition) is 0. The second kappa shape index (κ2) is 3.84. The van der Waals surface area contributed by atoms with Crippen LogP contribution in [0.25, 0.3) is 0 Å². The third-order valence-electron chi connectivity index (χ3n) is 5.36. The van der Waals surface area contributed by atoms with Crippen molar-refractivity contribution in [2.24, 2.45) is 22.9 Å². The van der Waals surface area contributed by atoms with Crippen LogP contribution in [-0.4, -0.2) is 11.8 Å². The van der Waals surface area contributed by atoms with E-state index in [1.165, 1.54) is 47.2 Å². The lowest BCUT2D eigenvalue weighted by Gasteiger charge is -2.24. The predicted octanol–water partition coefficient (Wildman–Crippen LogP) is 3.76. The van der Waals surface area contributed by atoms with Crippen molar-refractivity contribution in [2.45, 2.75) is 46.1 Å². The molecule has 0 amide bonds. The zero-order valence-electron chi connectivity index (χ0n) is 11.9. The zero-order valence-corrected chi connectivity index (χ0v) is 11.9. The first kappa shape index (κ1) is 11.5. The van der Waals surface area contributed by atoms with Crippen molar-refractivity contribution in [2.75, 3.05) is 0 Å². The van der Waals surface area contributed by atoms with Crippen LogP contribution < -0.4 is 0 Å². The molecule has 19 heavy (non-hydrogen) atoms. The number of rotatable bonds is 1. The number of nitrogens with zero attached hydrogens (tertiary/aromatic N) is 1. The van der Waals surface area contributed by atoms with Crippen LogP contribution in [0.15, 0.2) is 17.3 Å². The van der Waals surface area contributed by atoms with Gasteiger partial charge in [0.15, 0.2) is 0 Å². The summed E-state index contributed by atoms with van der Waals surface area (Å²) in [4.78, 5) is 5.81. The van der Waals surface area contributed by atoms with Crippen LogP contribution in [0.2, 0.25) is 0 Å². The van der Waals surface area contributed by atoms with E-state index < -0.39 is 0 Å². The van der Waals surface area contributed by atoms with Crippen molar-refractivity contribution in [3.8, 4) is 0 Å². The number of fused-ring (bicyclic) bond motifs is 5. The molecule has 0 radical (unpaired) electrons.